The van der Waals surface area contributed by atoms with Crippen molar-refractivity contribution in [1.29, 1.82) is 0 Å². The predicted octanol–water partition coefficient (Wildman–Crippen LogP) is 7.92. The highest BCUT2D eigenvalue weighted by atomic mass is 35.6. The fourth-order valence-electron chi connectivity index (χ4n) is 3.31. The Hall–Kier alpha value is 0.776. The number of rotatable bonds is 12. The molecular formula is C19H34AlCl3O3Si2. The molecule has 0 saturated carbocycles. The van der Waals surface area contributed by atoms with Gasteiger partial charge in [-0.3, -0.25) is 0 Å². The van der Waals surface area contributed by atoms with Crippen LogP contribution in [0.15, 0.2) is 24.3 Å². The third-order valence-corrected chi connectivity index (χ3v) is 20.4. The monoisotopic (exact) mass is 498 g/mol. The van der Waals surface area contributed by atoms with Crippen LogP contribution in [0.1, 0.15) is 47.1 Å². The predicted molar refractivity (Wildman–Crippen MR) is 129 cm³/mol. The standard InChI is InChI=1S/C7H5Cl3O.2C6H15OSi.Al/c8-7(9,10)5-1-3-6(11)4-2-5;2*1-4-8(7,5-2)6-3;/h1-4,11H;2*4-6H2,1-3H3;/q;2*-1;+3/p-1. The van der Waals surface area contributed by atoms with E-state index >= 15 is 0 Å². The average molecular weight is 500 g/mol. The van der Waals surface area contributed by atoms with Gasteiger partial charge in [0.1, 0.15) is 0 Å². The Morgan fingerprint density at radius 1 is 0.714 bits per heavy atom. The lowest BCUT2D eigenvalue weighted by Crippen LogP contribution is -2.52. The van der Waals surface area contributed by atoms with Crippen molar-refractivity contribution in [3.63, 3.8) is 0 Å². The lowest BCUT2D eigenvalue weighted by Gasteiger charge is -2.36. The Bertz CT molecular complexity index is 538. The van der Waals surface area contributed by atoms with Gasteiger partial charge in [0.25, 0.3) is 0 Å². The first-order valence-electron chi connectivity index (χ1n) is 10.3. The van der Waals surface area contributed by atoms with Crippen LogP contribution >= 0.6 is 34.8 Å². The molecule has 0 aliphatic rings. The molecule has 1 aromatic carbocycles. The van der Waals surface area contributed by atoms with Crippen molar-refractivity contribution in [1.82, 2.24) is 0 Å². The summed E-state index contributed by atoms with van der Waals surface area (Å²) >= 11 is 15.5. The molecule has 0 aliphatic heterocycles. The third kappa shape index (κ3) is 7.48. The summed E-state index contributed by atoms with van der Waals surface area (Å²) in [7, 11) is -3.69. The van der Waals surface area contributed by atoms with Crippen LogP contribution in [0.3, 0.4) is 0 Å². The van der Waals surface area contributed by atoms with Crippen LogP contribution in [0.25, 0.3) is 0 Å². The van der Waals surface area contributed by atoms with Crippen molar-refractivity contribution < 1.29 is 10.7 Å². The smallest absolute Gasteiger partial charge is 0.600 e. The molecule has 160 valence electrons. The molecule has 0 saturated heterocycles. The molecule has 1 aromatic rings. The molecule has 0 radical (unpaired) electrons. The SMILES string of the molecule is CC[Si](CC)(CC)[O][Al]([O]c1ccc(C(Cl)(Cl)Cl)cc1)[O][Si](CC)(CC)CC. The van der Waals surface area contributed by atoms with Crippen LogP contribution in [0.5, 0.6) is 5.75 Å². The van der Waals surface area contributed by atoms with Gasteiger partial charge in [-0.25, -0.2) is 0 Å². The van der Waals surface area contributed by atoms with E-state index in [1.165, 1.54) is 0 Å². The summed E-state index contributed by atoms with van der Waals surface area (Å²) in [5, 5.41) is 0. The van der Waals surface area contributed by atoms with Gasteiger partial charge in [-0.05, 0) is 48.4 Å². The van der Waals surface area contributed by atoms with Gasteiger partial charge in [-0.2, -0.15) is 0 Å². The van der Waals surface area contributed by atoms with Crippen molar-refractivity contribution in [2.75, 3.05) is 0 Å². The van der Waals surface area contributed by atoms with E-state index < -0.39 is 35.6 Å². The van der Waals surface area contributed by atoms with E-state index in [2.05, 4.69) is 41.5 Å². The summed E-state index contributed by atoms with van der Waals surface area (Å²) in [6, 6.07) is 13.7. The Labute approximate surface area is 193 Å². The molecule has 0 aliphatic carbocycles. The minimum Gasteiger partial charge on any atom is -0.600 e. The van der Waals surface area contributed by atoms with E-state index in [4.69, 9.17) is 45.5 Å². The Morgan fingerprint density at radius 2 is 1.07 bits per heavy atom. The van der Waals surface area contributed by atoms with Crippen molar-refractivity contribution in [2.45, 2.75) is 81.6 Å². The Morgan fingerprint density at radius 3 is 1.36 bits per heavy atom. The Kier molecular flexibility index (Phi) is 11.5. The molecule has 0 spiro atoms. The summed E-state index contributed by atoms with van der Waals surface area (Å²) in [6.07, 6.45) is 0. The van der Waals surface area contributed by atoms with E-state index in [-0.39, 0.29) is 0 Å². The molecule has 0 aromatic heterocycles. The Balaban J connectivity index is 3.12. The van der Waals surface area contributed by atoms with Gasteiger partial charge in [0, 0.05) is 5.56 Å². The molecule has 0 bridgehead atoms. The maximum absolute atomic E-state index is 6.74. The van der Waals surface area contributed by atoms with Gasteiger partial charge in [-0.1, -0.05) is 88.5 Å². The molecule has 3 nitrogen and oxygen atoms in total. The van der Waals surface area contributed by atoms with E-state index in [1.807, 2.05) is 12.1 Å². The average Bonchev–Trinajstić information content (AvgIpc) is 2.70. The fourth-order valence-corrected chi connectivity index (χ4v) is 15.3. The first-order valence-corrected chi connectivity index (χ1v) is 17.9. The van der Waals surface area contributed by atoms with E-state index in [0.717, 1.165) is 36.3 Å². The molecule has 0 atom stereocenters. The number of hydrogen-bond acceptors (Lipinski definition) is 3. The summed E-state index contributed by atoms with van der Waals surface area (Å²) < 4.78 is 18.4. The highest BCUT2D eigenvalue weighted by Crippen LogP contribution is 2.38. The van der Waals surface area contributed by atoms with Crippen LogP contribution in [0, 0.1) is 0 Å². The lowest BCUT2D eigenvalue weighted by molar-refractivity contribution is 0.292. The molecule has 1 rings (SSSR count). The van der Waals surface area contributed by atoms with Gasteiger partial charge in [0.05, 0.1) is 5.75 Å². The summed E-state index contributed by atoms with van der Waals surface area (Å²) in [6.45, 7) is 13.4. The minimum atomic E-state index is -2.35. The summed E-state index contributed by atoms with van der Waals surface area (Å²) in [5.74, 6) is 0.715. The maximum atomic E-state index is 6.74. The number of hydrogen-bond donors (Lipinski definition) is 0. The second-order valence-electron chi connectivity index (χ2n) is 7.15. The molecule has 28 heavy (non-hydrogen) atoms. The highest BCUT2D eigenvalue weighted by Gasteiger charge is 2.48. The number of benzene rings is 1. The second kappa shape index (κ2) is 12.0. The maximum Gasteiger partial charge on any atom is 0.979 e. The van der Waals surface area contributed by atoms with Crippen LogP contribution in [-0.2, 0) is 10.7 Å². The zero-order valence-corrected chi connectivity index (χ0v) is 23.4. The minimum absolute atomic E-state index is 0.615. The van der Waals surface area contributed by atoms with Gasteiger partial charge < -0.3 is 10.7 Å². The molecule has 0 fully saturated rings. The second-order valence-corrected chi connectivity index (χ2v) is 21.1. The topological polar surface area (TPSA) is 27.7 Å². The van der Waals surface area contributed by atoms with E-state index in [1.54, 1.807) is 12.1 Å². The molecule has 0 N–H and O–H groups in total. The fraction of sp³-hybridized carbons (Fsp3) is 0.684. The van der Waals surface area contributed by atoms with Gasteiger partial charge in [0.2, 0.25) is 3.79 Å². The molecular weight excluding hydrogens is 466 g/mol. The van der Waals surface area contributed by atoms with Crippen molar-refractivity contribution in [3.05, 3.63) is 29.8 Å². The highest BCUT2D eigenvalue weighted by molar-refractivity contribution is 6.82. The van der Waals surface area contributed by atoms with Crippen molar-refractivity contribution >= 4 is 66.6 Å². The van der Waals surface area contributed by atoms with Gasteiger partial charge in [0.15, 0.2) is 16.6 Å². The molecule has 0 unspecified atom stereocenters. The van der Waals surface area contributed by atoms with Gasteiger partial charge in [-0.15, -0.1) is 0 Å². The van der Waals surface area contributed by atoms with Crippen LogP contribution < -0.4 is 3.79 Å². The van der Waals surface area contributed by atoms with Crippen LogP contribution in [-0.4, -0.2) is 31.8 Å². The van der Waals surface area contributed by atoms with Crippen LogP contribution in [0.2, 0.25) is 36.3 Å². The quantitative estimate of drug-likeness (QED) is 0.216. The van der Waals surface area contributed by atoms with Crippen molar-refractivity contribution in [2.24, 2.45) is 0 Å². The zero-order valence-electron chi connectivity index (χ0n) is 18.0. The zero-order chi connectivity index (χ0) is 21.4. The number of halogens is 3. The third-order valence-electron chi connectivity index (χ3n) is 5.97. The molecule has 0 heterocycles. The van der Waals surface area contributed by atoms with Crippen molar-refractivity contribution in [3.8, 4) is 5.75 Å². The van der Waals surface area contributed by atoms with Crippen LogP contribution in [0.4, 0.5) is 0 Å². The first-order chi connectivity index (χ1) is 13.1. The molecule has 9 heteroatoms. The summed E-state index contributed by atoms with van der Waals surface area (Å²) in [5.41, 5.74) is 0.615. The molecule has 0 amide bonds. The van der Waals surface area contributed by atoms with E-state index in [0.29, 0.717) is 11.3 Å². The van der Waals surface area contributed by atoms with E-state index in [9.17, 15) is 0 Å². The largest absolute Gasteiger partial charge is 0.979 e. The summed E-state index contributed by atoms with van der Waals surface area (Å²) in [4.78, 5) is 0. The first kappa shape index (κ1) is 26.8. The number of alkyl halides is 3. The van der Waals surface area contributed by atoms with Gasteiger partial charge >= 0.3 is 15.1 Å². The normalized spacial score (nSPS) is 12.9. The lowest BCUT2D eigenvalue weighted by atomic mass is 10.2.